The Labute approximate surface area is 254 Å². The smallest absolute Gasteiger partial charge is 0.446 e. The number of anilines is 2. The number of aromatic nitrogens is 2. The third-order valence-corrected chi connectivity index (χ3v) is 11.3. The standard InChI is InChI=1S/C28H32F4N5O3PS2/c1-40-25-14-19(41(2,3)38)9-10-22(25)33-12-5-6-23-27(42-28(30,31)32)24-7-4-8-26(37(24)35-23)34-21-11-13-36(15-20(21)29)18-16-43(39)17-18/h4,7-10,14,18,20-21,33-34H,11-13,15-17H2,1-3H3. The van der Waals surface area contributed by atoms with Crippen molar-refractivity contribution < 1.29 is 31.1 Å². The second-order valence-corrected chi connectivity index (χ2v) is 16.6. The highest BCUT2D eigenvalue weighted by Gasteiger charge is 2.38. The average molecular weight is 658 g/mol. The lowest BCUT2D eigenvalue weighted by Gasteiger charge is -2.42. The first kappa shape index (κ1) is 31.7. The van der Waals surface area contributed by atoms with Crippen molar-refractivity contribution >= 4 is 52.0 Å². The summed E-state index contributed by atoms with van der Waals surface area (Å²) in [5, 5.41) is 11.3. The number of alkyl halides is 4. The zero-order chi connectivity index (χ0) is 30.9. The quantitative estimate of drug-likeness (QED) is 0.157. The van der Waals surface area contributed by atoms with Crippen molar-refractivity contribution in [2.75, 3.05) is 62.2 Å². The van der Waals surface area contributed by atoms with E-state index < -0.39 is 35.7 Å². The van der Waals surface area contributed by atoms with Crippen LogP contribution in [0.1, 0.15) is 12.1 Å². The first-order valence-corrected chi connectivity index (χ1v) is 18.5. The van der Waals surface area contributed by atoms with Crippen LogP contribution in [0.3, 0.4) is 0 Å². The highest BCUT2D eigenvalue weighted by molar-refractivity contribution is 8.00. The first-order chi connectivity index (χ1) is 20.3. The van der Waals surface area contributed by atoms with Crippen LogP contribution in [0, 0.1) is 11.8 Å². The summed E-state index contributed by atoms with van der Waals surface area (Å²) in [6.45, 7) is 4.24. The minimum atomic E-state index is -4.57. The molecular formula is C28H32F4N5O3PS2. The Morgan fingerprint density at radius 2 is 2.00 bits per heavy atom. The van der Waals surface area contributed by atoms with E-state index in [1.807, 2.05) is 4.90 Å². The lowest BCUT2D eigenvalue weighted by atomic mass is 10.0. The fourth-order valence-electron chi connectivity index (χ4n) is 5.09. The lowest BCUT2D eigenvalue weighted by Crippen LogP contribution is -2.57. The van der Waals surface area contributed by atoms with E-state index in [1.54, 1.807) is 43.7 Å². The normalized spacial score (nSPS) is 22.9. The Kier molecular flexibility index (Phi) is 9.37. The predicted octanol–water partition coefficient (Wildman–Crippen LogP) is 4.62. The maximum atomic E-state index is 15.2. The SMILES string of the molecule is COc1cc(P(C)(C)=O)ccc1NCC#Cc1nn2c(NC3CCN(C4CS(=O)C4)CC3F)cccc2c1SC(F)(F)F. The Morgan fingerprint density at radius 3 is 2.65 bits per heavy atom. The third-order valence-electron chi connectivity index (χ3n) is 7.39. The van der Waals surface area contributed by atoms with Crippen LogP contribution in [-0.2, 0) is 15.4 Å². The van der Waals surface area contributed by atoms with Crippen LogP contribution >= 0.6 is 18.9 Å². The van der Waals surface area contributed by atoms with Crippen LogP contribution in [0.5, 0.6) is 5.75 Å². The number of thioether (sulfide) groups is 1. The van der Waals surface area contributed by atoms with Gasteiger partial charge in [0.2, 0.25) is 0 Å². The summed E-state index contributed by atoms with van der Waals surface area (Å²) in [4.78, 5) is 1.88. The monoisotopic (exact) mass is 657 g/mol. The minimum Gasteiger partial charge on any atom is -0.495 e. The van der Waals surface area contributed by atoms with Gasteiger partial charge >= 0.3 is 5.51 Å². The van der Waals surface area contributed by atoms with E-state index in [1.165, 1.54) is 17.7 Å². The molecule has 3 aromatic rings. The molecule has 43 heavy (non-hydrogen) atoms. The molecule has 2 unspecified atom stereocenters. The molecule has 0 spiro atoms. The highest BCUT2D eigenvalue weighted by Crippen LogP contribution is 2.41. The summed E-state index contributed by atoms with van der Waals surface area (Å²) >= 11 is -0.290. The van der Waals surface area contributed by atoms with E-state index in [0.29, 0.717) is 47.0 Å². The number of ether oxygens (including phenoxy) is 1. The van der Waals surface area contributed by atoms with Gasteiger partial charge in [0.15, 0.2) is 0 Å². The lowest BCUT2D eigenvalue weighted by molar-refractivity contribution is -0.0327. The van der Waals surface area contributed by atoms with Crippen molar-refractivity contribution in [1.29, 1.82) is 0 Å². The molecule has 5 rings (SSSR count). The molecule has 0 amide bonds. The molecule has 2 atom stereocenters. The average Bonchev–Trinajstić information content (AvgIpc) is 3.26. The van der Waals surface area contributed by atoms with Crippen molar-refractivity contribution in [3.8, 4) is 17.6 Å². The zero-order valence-corrected chi connectivity index (χ0v) is 26.3. The van der Waals surface area contributed by atoms with Crippen LogP contribution in [-0.4, -0.2) is 94.1 Å². The van der Waals surface area contributed by atoms with Gasteiger partial charge in [-0.3, -0.25) is 9.11 Å². The van der Waals surface area contributed by atoms with E-state index in [-0.39, 0.29) is 47.0 Å². The van der Waals surface area contributed by atoms with Gasteiger partial charge in [-0.2, -0.15) is 18.3 Å². The maximum absolute atomic E-state index is 15.2. The Morgan fingerprint density at radius 1 is 1.23 bits per heavy atom. The topological polar surface area (TPSA) is 88.0 Å². The van der Waals surface area contributed by atoms with Gasteiger partial charge in [-0.15, -0.1) is 0 Å². The molecule has 0 bridgehead atoms. The molecule has 2 aliphatic rings. The number of nitrogens with one attached hydrogen (secondary N) is 2. The van der Waals surface area contributed by atoms with Gasteiger partial charge in [0.25, 0.3) is 0 Å². The van der Waals surface area contributed by atoms with Crippen LogP contribution in [0.4, 0.5) is 29.1 Å². The number of halogens is 4. The predicted molar refractivity (Wildman–Crippen MR) is 165 cm³/mol. The Hall–Kier alpha value is -2.72. The number of methoxy groups -OCH3 is 1. The van der Waals surface area contributed by atoms with Gasteiger partial charge < -0.3 is 19.9 Å². The summed E-state index contributed by atoms with van der Waals surface area (Å²) in [6.07, 6.45) is -0.723. The number of piperidine rings is 1. The minimum absolute atomic E-state index is 0.0526. The number of hydrogen-bond donors (Lipinski definition) is 2. The summed E-state index contributed by atoms with van der Waals surface area (Å²) in [5.41, 5.74) is -3.83. The number of nitrogens with zero attached hydrogens (tertiary/aromatic N) is 3. The van der Waals surface area contributed by atoms with Crippen LogP contribution in [0.25, 0.3) is 5.52 Å². The number of benzene rings is 1. The van der Waals surface area contributed by atoms with E-state index in [2.05, 4.69) is 27.6 Å². The Bertz CT molecular complexity index is 1630. The van der Waals surface area contributed by atoms with Gasteiger partial charge in [-0.05, 0) is 67.8 Å². The number of pyridine rings is 1. The number of fused-ring (bicyclic) bond motifs is 1. The molecule has 2 fully saturated rings. The molecular weight excluding hydrogens is 625 g/mol. The first-order valence-electron chi connectivity index (χ1n) is 13.6. The summed E-state index contributed by atoms with van der Waals surface area (Å²) in [5.74, 6) is 7.57. The van der Waals surface area contributed by atoms with Crippen molar-refractivity contribution in [3.63, 3.8) is 0 Å². The molecule has 232 valence electrons. The van der Waals surface area contributed by atoms with E-state index in [9.17, 15) is 21.9 Å². The molecule has 8 nitrogen and oxygen atoms in total. The van der Waals surface area contributed by atoms with Crippen molar-refractivity contribution in [3.05, 3.63) is 42.1 Å². The Balaban J connectivity index is 1.35. The van der Waals surface area contributed by atoms with E-state index in [4.69, 9.17) is 4.74 Å². The molecule has 1 aromatic carbocycles. The van der Waals surface area contributed by atoms with Crippen molar-refractivity contribution in [2.24, 2.45) is 0 Å². The molecule has 2 aliphatic heterocycles. The van der Waals surface area contributed by atoms with Crippen molar-refractivity contribution in [2.45, 2.75) is 35.1 Å². The fraction of sp³-hybridized carbons (Fsp3) is 0.464. The van der Waals surface area contributed by atoms with Crippen LogP contribution in [0.15, 0.2) is 41.3 Å². The van der Waals surface area contributed by atoms with Gasteiger partial charge in [-0.25, -0.2) is 8.91 Å². The molecule has 2 saturated heterocycles. The largest absolute Gasteiger partial charge is 0.495 e. The third kappa shape index (κ3) is 7.51. The number of likely N-dealkylation sites (tertiary alicyclic amines) is 1. The van der Waals surface area contributed by atoms with Crippen LogP contribution in [0.2, 0.25) is 0 Å². The summed E-state index contributed by atoms with van der Waals surface area (Å²) in [6, 6.07) is 9.50. The second kappa shape index (κ2) is 12.7. The van der Waals surface area contributed by atoms with Gasteiger partial charge in [0.05, 0.1) is 35.8 Å². The maximum Gasteiger partial charge on any atom is 0.446 e. The molecule has 0 saturated carbocycles. The van der Waals surface area contributed by atoms with Gasteiger partial charge in [-0.1, -0.05) is 12.0 Å². The number of hydrogen-bond acceptors (Lipinski definition) is 8. The summed E-state index contributed by atoms with van der Waals surface area (Å²) < 4.78 is 86.5. The molecule has 4 heterocycles. The molecule has 2 aromatic heterocycles. The van der Waals surface area contributed by atoms with Crippen LogP contribution < -0.4 is 20.7 Å². The zero-order valence-electron chi connectivity index (χ0n) is 23.8. The molecule has 0 aliphatic carbocycles. The fourth-order valence-corrected chi connectivity index (χ4v) is 7.81. The molecule has 0 radical (unpaired) electrons. The van der Waals surface area contributed by atoms with E-state index in [0.717, 1.165) is 0 Å². The molecule has 15 heteroatoms. The van der Waals surface area contributed by atoms with E-state index >= 15 is 4.39 Å². The highest BCUT2D eigenvalue weighted by atomic mass is 32.2. The second-order valence-electron chi connectivity index (χ2n) is 10.8. The van der Waals surface area contributed by atoms with Gasteiger partial charge in [0, 0.05) is 46.7 Å². The van der Waals surface area contributed by atoms with Crippen molar-refractivity contribution in [1.82, 2.24) is 14.5 Å². The number of rotatable bonds is 8. The molecule has 2 N–H and O–H groups in total. The summed E-state index contributed by atoms with van der Waals surface area (Å²) in [7, 11) is -1.83. The van der Waals surface area contributed by atoms with Gasteiger partial charge in [0.1, 0.15) is 30.6 Å².